The van der Waals surface area contributed by atoms with Gasteiger partial charge >= 0.3 is 18.1 Å². The van der Waals surface area contributed by atoms with Gasteiger partial charge in [-0.15, -0.1) is 0 Å². The minimum absolute atomic E-state index is 0.0325. The zero-order chi connectivity index (χ0) is 31.0. The lowest BCUT2D eigenvalue weighted by molar-refractivity contribution is -0.192. The Labute approximate surface area is 237 Å². The predicted octanol–water partition coefficient (Wildman–Crippen LogP) is 2.03. The number of hydrogen-bond donors (Lipinski definition) is 5. The van der Waals surface area contributed by atoms with Gasteiger partial charge < -0.3 is 31.0 Å². The fraction of sp³-hybridized carbons (Fsp3) is 0.333. The summed E-state index contributed by atoms with van der Waals surface area (Å²) in [4.78, 5) is 53.1. The van der Waals surface area contributed by atoms with Crippen LogP contribution in [0, 0.1) is 5.41 Å². The summed E-state index contributed by atoms with van der Waals surface area (Å²) in [5, 5.41) is 30.6. The van der Waals surface area contributed by atoms with Gasteiger partial charge in [0.15, 0.2) is 0 Å². The number of fused-ring (bicyclic) bond motifs is 1. The van der Waals surface area contributed by atoms with Gasteiger partial charge in [-0.2, -0.15) is 13.2 Å². The Morgan fingerprint density at radius 1 is 1.10 bits per heavy atom. The van der Waals surface area contributed by atoms with E-state index in [4.69, 9.17) is 25.9 Å². The monoisotopic (exact) mass is 591 g/mol. The fourth-order valence-corrected chi connectivity index (χ4v) is 4.29. The number of hydrogen-bond acceptors (Lipinski definition) is 7. The second kappa shape index (κ2) is 13.6. The number of nitrogens with one attached hydrogen (secondary N) is 2. The Morgan fingerprint density at radius 3 is 2.29 bits per heavy atom. The lowest BCUT2D eigenvalue weighted by atomic mass is 9.99. The highest BCUT2D eigenvalue weighted by Gasteiger charge is 2.38. The predicted molar refractivity (Wildman–Crippen MR) is 142 cm³/mol. The number of carboxylic acid groups (broad SMARTS) is 2. The molecule has 2 aliphatic rings. The second-order valence-corrected chi connectivity index (χ2v) is 9.46. The summed E-state index contributed by atoms with van der Waals surface area (Å²) in [6.45, 7) is 0.847. The van der Waals surface area contributed by atoms with Crippen molar-refractivity contribution in [2.24, 2.45) is 10.9 Å². The maximum Gasteiger partial charge on any atom is 0.490 e. The van der Waals surface area contributed by atoms with Gasteiger partial charge in [-0.25, -0.2) is 4.79 Å². The molecule has 2 amide bonds. The second-order valence-electron chi connectivity index (χ2n) is 9.46. The molecule has 2 aromatic carbocycles. The van der Waals surface area contributed by atoms with Gasteiger partial charge in [0.2, 0.25) is 11.8 Å². The summed E-state index contributed by atoms with van der Waals surface area (Å²) in [6, 6.07) is 13.6. The normalized spacial score (nSPS) is 16.5. The molecule has 2 atom stereocenters. The van der Waals surface area contributed by atoms with Gasteiger partial charge in [-0.1, -0.05) is 53.7 Å². The van der Waals surface area contributed by atoms with Crippen molar-refractivity contribution in [3.05, 3.63) is 70.8 Å². The van der Waals surface area contributed by atoms with Crippen LogP contribution >= 0.6 is 0 Å². The molecule has 6 N–H and O–H groups in total. The van der Waals surface area contributed by atoms with Crippen LogP contribution in [0.15, 0.2) is 53.7 Å². The zero-order valence-corrected chi connectivity index (χ0v) is 22.1. The molecular weight excluding hydrogens is 563 g/mol. The minimum Gasteiger partial charge on any atom is -0.481 e. The number of benzene rings is 2. The highest BCUT2D eigenvalue weighted by molar-refractivity contribution is 6.03. The first-order valence-electron chi connectivity index (χ1n) is 12.6. The van der Waals surface area contributed by atoms with E-state index in [1.807, 2.05) is 24.3 Å². The van der Waals surface area contributed by atoms with E-state index < -0.39 is 48.5 Å². The fourth-order valence-electron chi connectivity index (χ4n) is 4.29. The molecule has 0 saturated carbocycles. The van der Waals surface area contributed by atoms with Crippen molar-refractivity contribution in [2.45, 2.75) is 50.6 Å². The van der Waals surface area contributed by atoms with Gasteiger partial charge in [0, 0.05) is 25.1 Å². The van der Waals surface area contributed by atoms with E-state index >= 15 is 0 Å². The molecule has 2 aromatic rings. The van der Waals surface area contributed by atoms with Gasteiger partial charge in [0.1, 0.15) is 18.0 Å². The number of rotatable bonds is 8. The van der Waals surface area contributed by atoms with Crippen molar-refractivity contribution in [3.63, 3.8) is 0 Å². The molecule has 0 aliphatic carbocycles. The molecule has 15 heteroatoms. The van der Waals surface area contributed by atoms with Gasteiger partial charge in [0.25, 0.3) is 0 Å². The van der Waals surface area contributed by atoms with Gasteiger partial charge in [0.05, 0.1) is 18.6 Å². The molecule has 4 rings (SSSR count). The minimum atomic E-state index is -5.08. The van der Waals surface area contributed by atoms with Gasteiger partial charge in [-0.05, 0) is 23.1 Å². The average molecular weight is 592 g/mol. The SMILES string of the molecule is N=C(N)c1ccc(C2=NOC(CC(=O)N[C@@H](CC(=O)O)C(=O)N3CCc4ccccc4C3)C2)cc1.O=C(O)C(F)(F)F. The standard InChI is InChI=1S/C25H27N5O5.C2HF3O2/c26-24(27)17-7-5-16(6-8-17)20-11-19(35-29-20)12-22(31)28-21(13-23(32)33)25(34)30-10-9-15-3-1-2-4-18(15)14-30;3-2(4,5)1(6)7/h1-8,19,21H,9-14H2,(H3,26,27)(H,28,31)(H,32,33);(H,6,7)/t19?,21-;/m0./s1. The van der Waals surface area contributed by atoms with Crippen LogP contribution in [0.4, 0.5) is 13.2 Å². The molecule has 0 spiro atoms. The molecule has 0 aromatic heterocycles. The van der Waals surface area contributed by atoms with Crippen LogP contribution in [0.25, 0.3) is 0 Å². The molecule has 42 heavy (non-hydrogen) atoms. The highest BCUT2D eigenvalue weighted by atomic mass is 19.4. The number of alkyl halides is 3. The summed E-state index contributed by atoms with van der Waals surface area (Å²) in [5.41, 5.74) is 9.70. The first kappa shape index (κ1) is 31.6. The lowest BCUT2D eigenvalue weighted by Crippen LogP contribution is -2.51. The molecule has 224 valence electrons. The molecular formula is C27H28F3N5O7. The third-order valence-electron chi connectivity index (χ3n) is 6.37. The number of carboxylic acids is 2. The van der Waals surface area contributed by atoms with E-state index in [9.17, 15) is 32.7 Å². The summed E-state index contributed by atoms with van der Waals surface area (Å²) in [6.07, 6.45) is -5.12. The Balaban J connectivity index is 0.000000616. The lowest BCUT2D eigenvalue weighted by Gasteiger charge is -2.31. The summed E-state index contributed by atoms with van der Waals surface area (Å²) < 4.78 is 31.7. The number of nitrogens with zero attached hydrogens (tertiary/aromatic N) is 2. The van der Waals surface area contributed by atoms with Crippen molar-refractivity contribution in [3.8, 4) is 0 Å². The van der Waals surface area contributed by atoms with Crippen molar-refractivity contribution in [2.75, 3.05) is 6.54 Å². The van der Waals surface area contributed by atoms with Crippen LogP contribution in [-0.4, -0.2) is 75.3 Å². The van der Waals surface area contributed by atoms with Crippen molar-refractivity contribution in [1.82, 2.24) is 10.2 Å². The van der Waals surface area contributed by atoms with E-state index in [-0.39, 0.29) is 12.3 Å². The zero-order valence-electron chi connectivity index (χ0n) is 22.1. The summed E-state index contributed by atoms with van der Waals surface area (Å²) >= 11 is 0. The van der Waals surface area contributed by atoms with Gasteiger partial charge in [-0.3, -0.25) is 19.8 Å². The van der Waals surface area contributed by atoms with Crippen LogP contribution in [0.3, 0.4) is 0 Å². The number of carbonyl (C=O) groups is 4. The van der Waals surface area contributed by atoms with E-state index in [1.165, 1.54) is 5.56 Å². The van der Waals surface area contributed by atoms with Crippen LogP contribution in [-0.2, 0) is 37.0 Å². The number of nitrogen functional groups attached to an aromatic ring is 1. The number of halogens is 3. The Kier molecular flexibility index (Phi) is 10.2. The number of amides is 2. The van der Waals surface area contributed by atoms with Crippen molar-refractivity contribution < 1.29 is 47.4 Å². The Bertz CT molecular complexity index is 1380. The van der Waals surface area contributed by atoms with E-state index in [0.29, 0.717) is 37.2 Å². The molecule has 12 nitrogen and oxygen atoms in total. The summed E-state index contributed by atoms with van der Waals surface area (Å²) in [5.74, 6) is -4.85. The smallest absolute Gasteiger partial charge is 0.481 e. The third kappa shape index (κ3) is 8.78. The van der Waals surface area contributed by atoms with E-state index in [0.717, 1.165) is 11.1 Å². The maximum atomic E-state index is 13.1. The largest absolute Gasteiger partial charge is 0.490 e. The van der Waals surface area contributed by atoms with Crippen LogP contribution < -0.4 is 11.1 Å². The molecule has 0 fully saturated rings. The first-order chi connectivity index (χ1) is 19.7. The Hall–Kier alpha value is -4.95. The summed E-state index contributed by atoms with van der Waals surface area (Å²) in [7, 11) is 0. The average Bonchev–Trinajstić information content (AvgIpc) is 3.40. The van der Waals surface area contributed by atoms with Crippen LogP contribution in [0.2, 0.25) is 0 Å². The molecule has 0 radical (unpaired) electrons. The number of amidine groups is 1. The number of nitrogens with two attached hydrogens (primary N) is 1. The number of aliphatic carboxylic acids is 2. The van der Waals surface area contributed by atoms with Crippen molar-refractivity contribution in [1.29, 1.82) is 5.41 Å². The molecule has 0 bridgehead atoms. The molecule has 0 saturated heterocycles. The van der Waals surface area contributed by atoms with Crippen LogP contribution in [0.5, 0.6) is 0 Å². The first-order valence-corrected chi connectivity index (χ1v) is 12.6. The topological polar surface area (TPSA) is 195 Å². The molecule has 1 unspecified atom stereocenters. The number of oxime groups is 1. The van der Waals surface area contributed by atoms with Crippen molar-refractivity contribution >= 4 is 35.3 Å². The van der Waals surface area contributed by atoms with E-state index in [1.54, 1.807) is 29.2 Å². The number of carbonyl (C=O) groups excluding carboxylic acids is 2. The molecule has 2 aliphatic heterocycles. The highest BCUT2D eigenvalue weighted by Crippen LogP contribution is 2.21. The maximum absolute atomic E-state index is 13.1. The third-order valence-corrected chi connectivity index (χ3v) is 6.37. The van der Waals surface area contributed by atoms with Crippen LogP contribution in [0.1, 0.15) is 41.5 Å². The Morgan fingerprint density at radius 2 is 1.71 bits per heavy atom. The van der Waals surface area contributed by atoms with E-state index in [2.05, 4.69) is 10.5 Å². The quantitative estimate of drug-likeness (QED) is 0.227. The molecule has 2 heterocycles.